The summed E-state index contributed by atoms with van der Waals surface area (Å²) in [6.45, 7) is 4.79. The van der Waals surface area contributed by atoms with Crippen molar-refractivity contribution in [2.24, 2.45) is 5.92 Å². The number of hydrogen-bond donors (Lipinski definition) is 2. The van der Waals surface area contributed by atoms with Gasteiger partial charge in [0, 0.05) is 25.0 Å². The second-order valence-corrected chi connectivity index (χ2v) is 8.38. The molecular formula is C17H23ClN2O3S. The Bertz CT molecular complexity index is 794. The van der Waals surface area contributed by atoms with Crippen molar-refractivity contribution in [2.45, 2.75) is 25.2 Å². The zero-order valence-corrected chi connectivity index (χ0v) is 15.4. The molecule has 0 aliphatic rings. The van der Waals surface area contributed by atoms with Gasteiger partial charge in [0.05, 0.1) is 5.02 Å². The van der Waals surface area contributed by atoms with Gasteiger partial charge < -0.3 is 5.21 Å². The van der Waals surface area contributed by atoms with Gasteiger partial charge in [-0.25, -0.2) is 13.9 Å². The molecule has 2 aromatic rings. The first-order chi connectivity index (χ1) is 11.4. The number of nitrogens with zero attached hydrogens (tertiary/aromatic N) is 1. The largest absolute Gasteiger partial charge is 0.317 e. The van der Waals surface area contributed by atoms with Gasteiger partial charge >= 0.3 is 0 Å². The van der Waals surface area contributed by atoms with Crippen LogP contribution in [0.1, 0.15) is 20.3 Å². The van der Waals surface area contributed by atoms with E-state index in [0.29, 0.717) is 17.8 Å². The maximum atomic E-state index is 13.0. The third-order valence-electron chi connectivity index (χ3n) is 3.87. The van der Waals surface area contributed by atoms with Gasteiger partial charge in [-0.2, -0.15) is 4.31 Å². The molecule has 5 nitrogen and oxygen atoms in total. The van der Waals surface area contributed by atoms with E-state index < -0.39 is 10.0 Å². The molecule has 0 bridgehead atoms. The monoisotopic (exact) mass is 370 g/mol. The third kappa shape index (κ3) is 4.26. The molecule has 24 heavy (non-hydrogen) atoms. The molecule has 0 radical (unpaired) electrons. The molecule has 0 aliphatic carbocycles. The summed E-state index contributed by atoms with van der Waals surface area (Å²) < 4.78 is 27.5. The van der Waals surface area contributed by atoms with Gasteiger partial charge in [-0.1, -0.05) is 55.8 Å². The lowest BCUT2D eigenvalue weighted by atomic mass is 10.1. The molecule has 0 aliphatic heterocycles. The Morgan fingerprint density at radius 3 is 2.54 bits per heavy atom. The molecule has 0 unspecified atom stereocenters. The van der Waals surface area contributed by atoms with E-state index in [2.05, 4.69) is 0 Å². The maximum Gasteiger partial charge on any atom is 0.244 e. The number of rotatable bonds is 8. The molecule has 2 N–H and O–H groups in total. The van der Waals surface area contributed by atoms with Crippen molar-refractivity contribution in [3.63, 3.8) is 0 Å². The molecule has 2 rings (SSSR count). The van der Waals surface area contributed by atoms with Crippen molar-refractivity contribution in [3.8, 4) is 0 Å². The van der Waals surface area contributed by atoms with Crippen molar-refractivity contribution < 1.29 is 13.6 Å². The van der Waals surface area contributed by atoms with Crippen molar-refractivity contribution >= 4 is 32.4 Å². The van der Waals surface area contributed by atoms with Crippen LogP contribution in [0.3, 0.4) is 0 Å². The van der Waals surface area contributed by atoms with Crippen LogP contribution < -0.4 is 5.48 Å². The van der Waals surface area contributed by atoms with Crippen LogP contribution in [-0.2, 0) is 10.0 Å². The molecule has 0 fully saturated rings. The van der Waals surface area contributed by atoms with Crippen LogP contribution in [0.5, 0.6) is 0 Å². The van der Waals surface area contributed by atoms with Crippen LogP contribution in [0.15, 0.2) is 41.3 Å². The molecule has 0 amide bonds. The minimum absolute atomic E-state index is 0.101. The minimum atomic E-state index is -3.74. The lowest BCUT2D eigenvalue weighted by Gasteiger charge is -2.23. The molecule has 0 heterocycles. The molecule has 0 aromatic heterocycles. The highest BCUT2D eigenvalue weighted by Crippen LogP contribution is 2.32. The fourth-order valence-electron chi connectivity index (χ4n) is 2.48. The van der Waals surface area contributed by atoms with Crippen LogP contribution in [0.2, 0.25) is 5.02 Å². The fourth-order valence-corrected chi connectivity index (χ4v) is 4.54. The van der Waals surface area contributed by atoms with E-state index in [1.807, 2.05) is 43.6 Å². The fraction of sp³-hybridized carbons (Fsp3) is 0.412. The van der Waals surface area contributed by atoms with E-state index in [0.717, 1.165) is 11.8 Å². The highest BCUT2D eigenvalue weighted by molar-refractivity contribution is 7.89. The summed E-state index contributed by atoms with van der Waals surface area (Å²) in [5.74, 6) is 0.372. The normalized spacial score (nSPS) is 12.4. The average Bonchev–Trinajstić information content (AvgIpc) is 2.54. The summed E-state index contributed by atoms with van der Waals surface area (Å²) in [4.78, 5) is 0.101. The summed E-state index contributed by atoms with van der Waals surface area (Å²) in [6.07, 6.45) is 0.732. The summed E-state index contributed by atoms with van der Waals surface area (Å²) in [5, 5.41) is 10.7. The van der Waals surface area contributed by atoms with Crippen molar-refractivity contribution in [1.82, 2.24) is 9.79 Å². The van der Waals surface area contributed by atoms with Gasteiger partial charge in [0.2, 0.25) is 10.0 Å². The Labute approximate surface area is 148 Å². The first-order valence-electron chi connectivity index (χ1n) is 7.92. The Balaban J connectivity index is 2.43. The first-order valence-corrected chi connectivity index (χ1v) is 9.74. The van der Waals surface area contributed by atoms with E-state index in [-0.39, 0.29) is 23.0 Å². The number of sulfonamides is 1. The number of halogens is 1. The molecule has 0 saturated heterocycles. The number of hydrogen-bond acceptors (Lipinski definition) is 4. The topological polar surface area (TPSA) is 69.6 Å². The lowest BCUT2D eigenvalue weighted by molar-refractivity contribution is 0.159. The highest BCUT2D eigenvalue weighted by atomic mass is 35.5. The second kappa shape index (κ2) is 8.27. The molecule has 2 aromatic carbocycles. The SMILES string of the molecule is CC(C)CCN(CCNO)S(=O)(=O)c1ccc2ccccc2c1Cl. The van der Waals surface area contributed by atoms with Crippen molar-refractivity contribution in [1.29, 1.82) is 0 Å². The van der Waals surface area contributed by atoms with E-state index in [9.17, 15) is 8.42 Å². The standard InChI is InChI=1S/C17H23ClN2O3S/c1-13(2)9-11-20(12-10-19-21)24(22,23)16-8-7-14-5-3-4-6-15(14)17(16)18/h3-8,13,19,21H,9-12H2,1-2H3. The molecule has 0 spiro atoms. The lowest BCUT2D eigenvalue weighted by Crippen LogP contribution is -2.37. The predicted molar refractivity (Wildman–Crippen MR) is 97.0 cm³/mol. The summed E-state index contributed by atoms with van der Waals surface area (Å²) in [6, 6.07) is 10.7. The van der Waals surface area contributed by atoms with Crippen LogP contribution in [0.25, 0.3) is 10.8 Å². The Morgan fingerprint density at radius 1 is 1.17 bits per heavy atom. The Morgan fingerprint density at radius 2 is 1.88 bits per heavy atom. The number of hydroxylamine groups is 1. The number of nitrogens with one attached hydrogen (secondary N) is 1. The van der Waals surface area contributed by atoms with Gasteiger partial charge in [-0.3, -0.25) is 0 Å². The average molecular weight is 371 g/mol. The Kier molecular flexibility index (Phi) is 6.60. The quantitative estimate of drug-likeness (QED) is 0.697. The van der Waals surface area contributed by atoms with E-state index in [1.165, 1.54) is 4.31 Å². The summed E-state index contributed by atoms with van der Waals surface area (Å²) in [7, 11) is -3.74. The van der Waals surface area contributed by atoms with E-state index >= 15 is 0 Å². The smallest absolute Gasteiger partial charge is 0.244 e. The zero-order valence-electron chi connectivity index (χ0n) is 13.9. The number of benzene rings is 2. The third-order valence-corrected chi connectivity index (χ3v) is 6.33. The molecular weight excluding hydrogens is 348 g/mol. The molecule has 0 atom stereocenters. The zero-order chi connectivity index (χ0) is 17.7. The summed E-state index contributed by atoms with van der Waals surface area (Å²) >= 11 is 6.40. The van der Waals surface area contributed by atoms with Crippen molar-refractivity contribution in [2.75, 3.05) is 19.6 Å². The van der Waals surface area contributed by atoms with Crippen LogP contribution in [0.4, 0.5) is 0 Å². The van der Waals surface area contributed by atoms with Gasteiger partial charge in [0.15, 0.2) is 0 Å². The first kappa shape index (κ1) is 19.1. The second-order valence-electron chi connectivity index (χ2n) is 6.09. The van der Waals surface area contributed by atoms with Crippen LogP contribution in [0, 0.1) is 5.92 Å². The van der Waals surface area contributed by atoms with E-state index in [4.69, 9.17) is 16.8 Å². The maximum absolute atomic E-state index is 13.0. The van der Waals surface area contributed by atoms with Gasteiger partial charge in [0.1, 0.15) is 4.90 Å². The number of fused-ring (bicyclic) bond motifs is 1. The minimum Gasteiger partial charge on any atom is -0.317 e. The molecule has 132 valence electrons. The van der Waals surface area contributed by atoms with Crippen LogP contribution >= 0.6 is 11.6 Å². The predicted octanol–water partition coefficient (Wildman–Crippen LogP) is 3.51. The van der Waals surface area contributed by atoms with Gasteiger partial charge in [-0.05, 0) is 23.8 Å². The van der Waals surface area contributed by atoms with E-state index in [1.54, 1.807) is 12.1 Å². The van der Waals surface area contributed by atoms with Gasteiger partial charge in [0.25, 0.3) is 0 Å². The molecule has 0 saturated carbocycles. The highest BCUT2D eigenvalue weighted by Gasteiger charge is 2.27. The summed E-state index contributed by atoms with van der Waals surface area (Å²) in [5.41, 5.74) is 2.01. The van der Waals surface area contributed by atoms with Crippen LogP contribution in [-0.4, -0.2) is 37.6 Å². The van der Waals surface area contributed by atoms with Crippen molar-refractivity contribution in [3.05, 3.63) is 41.4 Å². The Hall–Kier alpha value is -1.18. The van der Waals surface area contributed by atoms with Gasteiger partial charge in [-0.15, -0.1) is 0 Å². The molecule has 7 heteroatoms.